The van der Waals surface area contributed by atoms with Gasteiger partial charge in [-0.2, -0.15) is 13.2 Å². The van der Waals surface area contributed by atoms with Crippen LogP contribution < -0.4 is 0 Å². The van der Waals surface area contributed by atoms with Gasteiger partial charge in [0.2, 0.25) is 0 Å². The molecule has 0 saturated heterocycles. The molecule has 6 heteroatoms. The molecule has 0 saturated carbocycles. The zero-order valence-electron chi connectivity index (χ0n) is 13.4. The number of hydrogen-bond acceptors (Lipinski definition) is 1. The molecule has 126 valence electrons. The smallest absolute Gasteiger partial charge is 0.332 e. The van der Waals surface area contributed by atoms with Gasteiger partial charge in [-0.15, -0.1) is 0 Å². The Balaban J connectivity index is 2.01. The van der Waals surface area contributed by atoms with E-state index >= 15 is 0 Å². The molecule has 2 aromatic heterocycles. The Labute approximate surface area is 141 Å². The Hall–Kier alpha value is -3.02. The van der Waals surface area contributed by atoms with Gasteiger partial charge in [0.25, 0.3) is 0 Å². The van der Waals surface area contributed by atoms with Crippen molar-refractivity contribution in [3.05, 3.63) is 66.5 Å². The van der Waals surface area contributed by atoms with Crippen LogP contribution in [0.3, 0.4) is 0 Å². The third-order valence-corrected chi connectivity index (χ3v) is 4.33. The number of benzene rings is 2. The zero-order chi connectivity index (χ0) is 17.8. The second-order valence-corrected chi connectivity index (χ2v) is 5.89. The highest BCUT2D eigenvalue weighted by atomic mass is 19.4. The van der Waals surface area contributed by atoms with Crippen molar-refractivity contribution in [1.29, 1.82) is 0 Å². The highest BCUT2D eigenvalue weighted by Gasteiger charge is 2.30. The van der Waals surface area contributed by atoms with Gasteiger partial charge in [0.05, 0.1) is 22.9 Å². The zero-order valence-corrected chi connectivity index (χ0v) is 13.4. The first kappa shape index (κ1) is 15.5. The van der Waals surface area contributed by atoms with Crippen molar-refractivity contribution in [3.63, 3.8) is 0 Å². The first-order valence-corrected chi connectivity index (χ1v) is 7.65. The van der Waals surface area contributed by atoms with Gasteiger partial charge >= 0.3 is 6.18 Å². The number of rotatable bonds is 2. The van der Waals surface area contributed by atoms with Gasteiger partial charge in [-0.25, -0.2) is 4.98 Å². The van der Waals surface area contributed by atoms with E-state index in [0.717, 1.165) is 34.1 Å². The minimum absolute atomic E-state index is 0.637. The summed E-state index contributed by atoms with van der Waals surface area (Å²) < 4.78 is 42.2. The fourth-order valence-electron chi connectivity index (χ4n) is 3.13. The molecule has 2 heterocycles. The molecule has 0 bridgehead atoms. The second kappa shape index (κ2) is 5.24. The number of nitrogens with zero attached hydrogens (tertiary/aromatic N) is 3. The highest BCUT2D eigenvalue weighted by molar-refractivity contribution is 6.06. The number of imidazole rings is 1. The molecule has 0 aliphatic rings. The summed E-state index contributed by atoms with van der Waals surface area (Å²) in [5, 5.41) is 0.979. The lowest BCUT2D eigenvalue weighted by Crippen LogP contribution is -2.05. The Kier molecular flexibility index (Phi) is 3.25. The van der Waals surface area contributed by atoms with Crippen LogP contribution in [-0.4, -0.2) is 14.1 Å². The van der Waals surface area contributed by atoms with Crippen LogP contribution >= 0.6 is 0 Å². The van der Waals surface area contributed by atoms with E-state index in [4.69, 9.17) is 0 Å². The first-order valence-electron chi connectivity index (χ1n) is 7.65. The summed E-state index contributed by atoms with van der Waals surface area (Å²) in [4.78, 5) is 4.44. The summed E-state index contributed by atoms with van der Waals surface area (Å²) in [6.45, 7) is 3.79. The minimum atomic E-state index is -4.35. The molecular formula is C19H14F3N3. The number of hydrogen-bond donors (Lipinski definition) is 0. The molecule has 0 aliphatic heterocycles. The quantitative estimate of drug-likeness (QED) is 0.493. The van der Waals surface area contributed by atoms with Crippen molar-refractivity contribution < 1.29 is 13.2 Å². The molecule has 2 aromatic carbocycles. The van der Waals surface area contributed by atoms with Crippen LogP contribution in [0.5, 0.6) is 0 Å². The van der Waals surface area contributed by atoms with Crippen LogP contribution in [-0.2, 0) is 13.2 Å². The van der Waals surface area contributed by atoms with Crippen LogP contribution in [0.2, 0.25) is 0 Å². The summed E-state index contributed by atoms with van der Waals surface area (Å²) in [5.41, 5.74) is 3.47. The van der Waals surface area contributed by atoms with Crippen molar-refractivity contribution in [1.82, 2.24) is 14.1 Å². The Morgan fingerprint density at radius 3 is 2.44 bits per heavy atom. The van der Waals surface area contributed by atoms with Crippen molar-refractivity contribution >= 4 is 28.1 Å². The molecule has 4 aromatic rings. The van der Waals surface area contributed by atoms with E-state index in [2.05, 4.69) is 11.6 Å². The van der Waals surface area contributed by atoms with Crippen LogP contribution in [0, 0.1) is 0 Å². The number of alkyl halides is 3. The maximum atomic E-state index is 12.8. The lowest BCUT2D eigenvalue weighted by molar-refractivity contribution is -0.137. The normalized spacial score (nSPS) is 12.2. The molecular weight excluding hydrogens is 327 g/mol. The monoisotopic (exact) mass is 341 g/mol. The largest absolute Gasteiger partial charge is 0.416 e. The van der Waals surface area contributed by atoms with Crippen molar-refractivity contribution in [3.8, 4) is 5.69 Å². The van der Waals surface area contributed by atoms with E-state index < -0.39 is 11.7 Å². The molecule has 0 radical (unpaired) electrons. The topological polar surface area (TPSA) is 22.8 Å². The fraction of sp³-hybridized carbons (Fsp3) is 0.105. The van der Waals surface area contributed by atoms with E-state index in [0.29, 0.717) is 11.3 Å². The van der Waals surface area contributed by atoms with Crippen molar-refractivity contribution in [2.24, 2.45) is 7.05 Å². The number of halogens is 3. The Morgan fingerprint density at radius 1 is 1.08 bits per heavy atom. The molecule has 4 rings (SSSR count). The van der Waals surface area contributed by atoms with Gasteiger partial charge in [0.1, 0.15) is 0 Å². The molecule has 0 fully saturated rings. The standard InChI is InChI=1S/C19H14F3N3/c1-3-12-4-9-16-15(10-12)17-18(23-11-24(17)2)25(16)14-7-5-13(6-8-14)19(20,21)22/h3-11H,1H2,2H3. The van der Waals surface area contributed by atoms with E-state index in [9.17, 15) is 13.2 Å². The summed E-state index contributed by atoms with van der Waals surface area (Å²) >= 11 is 0. The Bertz CT molecular complexity index is 1100. The molecule has 0 spiro atoms. The molecule has 25 heavy (non-hydrogen) atoms. The molecule has 0 atom stereocenters. The van der Waals surface area contributed by atoms with E-state index in [1.54, 1.807) is 12.4 Å². The lowest BCUT2D eigenvalue weighted by Gasteiger charge is -2.10. The summed E-state index contributed by atoms with van der Waals surface area (Å²) in [6, 6.07) is 11.0. The Morgan fingerprint density at radius 2 is 1.80 bits per heavy atom. The van der Waals surface area contributed by atoms with Crippen LogP contribution in [0.25, 0.3) is 33.8 Å². The third kappa shape index (κ3) is 2.33. The predicted molar refractivity (Wildman–Crippen MR) is 92.6 cm³/mol. The van der Waals surface area contributed by atoms with Gasteiger partial charge in [-0.1, -0.05) is 18.7 Å². The summed E-state index contributed by atoms with van der Waals surface area (Å²) in [7, 11) is 1.90. The molecule has 0 amide bonds. The van der Waals surface area contributed by atoms with Crippen LogP contribution in [0.1, 0.15) is 11.1 Å². The average Bonchev–Trinajstić information content (AvgIpc) is 3.11. The lowest BCUT2D eigenvalue weighted by atomic mass is 10.1. The number of fused-ring (bicyclic) bond motifs is 3. The average molecular weight is 341 g/mol. The summed E-state index contributed by atoms with van der Waals surface area (Å²) in [5.74, 6) is 0. The maximum Gasteiger partial charge on any atom is 0.416 e. The molecule has 0 aliphatic carbocycles. The second-order valence-electron chi connectivity index (χ2n) is 5.89. The van der Waals surface area contributed by atoms with Gasteiger partial charge in [0, 0.05) is 18.1 Å². The first-order chi connectivity index (χ1) is 11.9. The molecule has 3 nitrogen and oxygen atoms in total. The van der Waals surface area contributed by atoms with E-state index in [1.165, 1.54) is 12.1 Å². The van der Waals surface area contributed by atoms with Gasteiger partial charge in [-0.3, -0.25) is 4.57 Å². The van der Waals surface area contributed by atoms with Crippen LogP contribution in [0.4, 0.5) is 13.2 Å². The van der Waals surface area contributed by atoms with Crippen molar-refractivity contribution in [2.45, 2.75) is 6.18 Å². The fourth-order valence-corrected chi connectivity index (χ4v) is 3.13. The number of aromatic nitrogens is 3. The molecule has 0 unspecified atom stereocenters. The third-order valence-electron chi connectivity index (χ3n) is 4.33. The van der Waals surface area contributed by atoms with Gasteiger partial charge < -0.3 is 4.57 Å². The van der Waals surface area contributed by atoms with Gasteiger partial charge in [-0.05, 0) is 42.0 Å². The van der Waals surface area contributed by atoms with Gasteiger partial charge in [0.15, 0.2) is 5.65 Å². The van der Waals surface area contributed by atoms with Crippen LogP contribution in [0.15, 0.2) is 55.4 Å². The minimum Gasteiger partial charge on any atom is -0.332 e. The van der Waals surface area contributed by atoms with E-state index in [1.807, 2.05) is 34.4 Å². The predicted octanol–water partition coefficient (Wildman–Crippen LogP) is 5.18. The van der Waals surface area contributed by atoms with Crippen molar-refractivity contribution in [2.75, 3.05) is 0 Å². The number of aryl methyl sites for hydroxylation is 1. The van der Waals surface area contributed by atoms with E-state index in [-0.39, 0.29) is 0 Å². The maximum absolute atomic E-state index is 12.8. The molecule has 0 N–H and O–H groups in total. The SMILES string of the molecule is C=Cc1ccc2c(c1)c1c(ncn1C)n2-c1ccc(C(F)(F)F)cc1. The summed E-state index contributed by atoms with van der Waals surface area (Å²) in [6.07, 6.45) is -0.890. The highest BCUT2D eigenvalue weighted by Crippen LogP contribution is 2.34.